The van der Waals surface area contributed by atoms with E-state index in [9.17, 15) is 4.79 Å². The number of aliphatic carboxylic acids is 1. The van der Waals surface area contributed by atoms with Crippen LogP contribution >= 0.6 is 0 Å². The zero-order chi connectivity index (χ0) is 16.7. The molecule has 135 valence electrons. The maximum absolute atomic E-state index is 9.51. The molecule has 0 aliphatic carbocycles. The molecule has 0 saturated carbocycles. The molecule has 0 rings (SSSR count). The van der Waals surface area contributed by atoms with Gasteiger partial charge in [0.15, 0.2) is 0 Å². The minimum Gasteiger partial charge on any atom is -0.666 e. The van der Waals surface area contributed by atoms with Gasteiger partial charge in [0.1, 0.15) is 0 Å². The summed E-state index contributed by atoms with van der Waals surface area (Å²) in [5, 5.41) is 24.8. The molecule has 0 aliphatic rings. The summed E-state index contributed by atoms with van der Waals surface area (Å²) in [6.07, 6.45) is 1.04. The van der Waals surface area contributed by atoms with Gasteiger partial charge in [0.25, 0.3) is 5.97 Å². The molecule has 0 aromatic rings. The molecular formula is C14H30CoN5O2-3. The van der Waals surface area contributed by atoms with Gasteiger partial charge in [-0.15, -0.1) is 12.1 Å². The van der Waals surface area contributed by atoms with Crippen molar-refractivity contribution >= 4 is 5.97 Å². The Hall–Kier alpha value is -0.224. The first-order chi connectivity index (χ1) is 9.84. The molecule has 1 radical (unpaired) electrons. The Balaban J connectivity index is -0.000000439. The average Bonchev–Trinajstić information content (AvgIpc) is 2.39. The first-order valence-corrected chi connectivity index (χ1v) is 7.23. The van der Waals surface area contributed by atoms with Gasteiger partial charge in [-0.2, -0.15) is 40.3 Å². The second kappa shape index (κ2) is 18.8. The van der Waals surface area contributed by atoms with Crippen LogP contribution in [0.3, 0.4) is 0 Å². The van der Waals surface area contributed by atoms with Crippen molar-refractivity contribution in [2.75, 3.05) is 40.3 Å². The Bertz CT molecular complexity index is 231. The summed E-state index contributed by atoms with van der Waals surface area (Å²) in [4.78, 5) is 9.51. The first kappa shape index (κ1) is 26.7. The summed E-state index contributed by atoms with van der Waals surface area (Å²) in [6.45, 7) is 8.96. The molecular weight excluding hydrogens is 329 g/mol. The van der Waals surface area contributed by atoms with Crippen LogP contribution in [0.1, 0.15) is 27.2 Å². The van der Waals surface area contributed by atoms with Crippen LogP contribution in [-0.4, -0.2) is 69.5 Å². The van der Waals surface area contributed by atoms with Crippen LogP contribution in [0.25, 0.3) is 27.0 Å². The fraction of sp³-hybridized carbons (Fsp3) is 0.929. The molecule has 0 aromatic heterocycles. The van der Waals surface area contributed by atoms with Crippen LogP contribution in [-0.2, 0) is 21.6 Å². The molecule has 0 heterocycles. The van der Waals surface area contributed by atoms with E-state index >= 15 is 0 Å². The summed E-state index contributed by atoms with van der Waals surface area (Å²) >= 11 is 0. The second-order valence-corrected chi connectivity index (χ2v) is 4.89. The van der Waals surface area contributed by atoms with Gasteiger partial charge in [-0.3, -0.25) is 4.79 Å². The van der Waals surface area contributed by atoms with Gasteiger partial charge in [0.2, 0.25) is 0 Å². The predicted molar refractivity (Wildman–Crippen MR) is 89.7 cm³/mol. The van der Waals surface area contributed by atoms with Gasteiger partial charge in [-0.05, 0) is 6.04 Å². The third-order valence-corrected chi connectivity index (χ3v) is 2.58. The monoisotopic (exact) mass is 359 g/mol. The van der Waals surface area contributed by atoms with E-state index in [1.807, 2.05) is 14.1 Å². The number of hydrogen-bond acceptors (Lipinski definition) is 1. The maximum atomic E-state index is 9.51. The first-order valence-electron chi connectivity index (χ1n) is 7.23. The molecule has 3 unspecified atom stereocenters. The molecule has 0 fully saturated rings. The van der Waals surface area contributed by atoms with Gasteiger partial charge in [0, 0.05) is 0 Å². The van der Waals surface area contributed by atoms with Crippen LogP contribution in [0.5, 0.6) is 0 Å². The van der Waals surface area contributed by atoms with E-state index < -0.39 is 12.0 Å². The maximum Gasteiger partial charge on any atom is 2.00 e. The number of nitrogens with zero attached hydrogens (tertiary/aromatic N) is 4. The van der Waals surface area contributed by atoms with Crippen LogP contribution in [0.4, 0.5) is 0 Å². The topological polar surface area (TPSA) is 118 Å². The van der Waals surface area contributed by atoms with Crippen LogP contribution in [0, 0.1) is 0 Å². The van der Waals surface area contributed by atoms with Crippen molar-refractivity contribution in [3.05, 3.63) is 27.0 Å². The zero-order valence-electron chi connectivity index (χ0n) is 14.2. The van der Waals surface area contributed by atoms with Gasteiger partial charge >= 0.3 is 16.8 Å². The summed E-state index contributed by atoms with van der Waals surface area (Å²) in [5.74, 6) is -1.07. The number of nitrogens with one attached hydrogen (secondary N) is 1. The van der Waals surface area contributed by atoms with Crippen molar-refractivity contribution in [1.29, 1.82) is 0 Å². The Morgan fingerprint density at radius 1 is 0.955 bits per heavy atom. The number of likely N-dealkylation sites (N-methyl/N-ethyl adjacent to an activating group) is 2. The summed E-state index contributed by atoms with van der Waals surface area (Å²) in [7, 11) is 3.65. The normalized spacial score (nSPS) is 14.1. The summed E-state index contributed by atoms with van der Waals surface area (Å²) < 4.78 is 0. The van der Waals surface area contributed by atoms with Gasteiger partial charge in [-0.25, -0.2) is 0 Å². The molecule has 0 bridgehead atoms. The standard InChI is InChI=1S/C11H24N4.C3H6NO2.Co/c1-10(14-7-5-12-3)9-11(2)15-8-6-13-4;1-2(4)3(5)6;/h10-11H,5-9H2,1-4H3;2,4H,1H3,(H,5,6);/q-4;-1;+2. The molecule has 0 aliphatic heterocycles. The van der Waals surface area contributed by atoms with Crippen LogP contribution in [0.15, 0.2) is 0 Å². The number of carbonyl (C=O) groups is 1. The van der Waals surface area contributed by atoms with E-state index in [4.69, 9.17) is 10.8 Å². The minimum atomic E-state index is -1.07. The van der Waals surface area contributed by atoms with E-state index in [1.165, 1.54) is 6.92 Å². The number of rotatable bonds is 11. The summed E-state index contributed by atoms with van der Waals surface area (Å²) in [6, 6.07) is -0.196. The van der Waals surface area contributed by atoms with Crippen molar-refractivity contribution in [3.63, 3.8) is 0 Å². The second-order valence-electron chi connectivity index (χ2n) is 4.89. The Labute approximate surface area is 145 Å². The van der Waals surface area contributed by atoms with E-state index in [2.05, 4.69) is 35.1 Å². The SMILES string of the molecule is CC([NH-])C(=O)O.C[N-]CC[N-]C(C)CC(C)[N-]CC[N-]C.[Co+2]. The number of hydrogen-bond donors (Lipinski definition) is 1. The van der Waals surface area contributed by atoms with Crippen molar-refractivity contribution in [2.45, 2.75) is 45.3 Å². The predicted octanol–water partition coefficient (Wildman–Crippen LogP) is 3.42. The van der Waals surface area contributed by atoms with Crippen molar-refractivity contribution in [1.82, 2.24) is 0 Å². The third kappa shape index (κ3) is 22.1. The van der Waals surface area contributed by atoms with Gasteiger partial charge in [-0.1, -0.05) is 27.2 Å². The van der Waals surface area contributed by atoms with Crippen LogP contribution < -0.4 is 0 Å². The molecule has 8 heteroatoms. The van der Waals surface area contributed by atoms with Gasteiger partial charge < -0.3 is 32.1 Å². The third-order valence-electron chi connectivity index (χ3n) is 2.58. The fourth-order valence-electron chi connectivity index (χ4n) is 1.40. The number of carboxylic acids is 1. The quantitative estimate of drug-likeness (QED) is 0.569. The Kier molecular flexibility index (Phi) is 22.8. The fourth-order valence-corrected chi connectivity index (χ4v) is 1.40. The molecule has 22 heavy (non-hydrogen) atoms. The van der Waals surface area contributed by atoms with E-state index in [0.29, 0.717) is 12.1 Å². The summed E-state index contributed by atoms with van der Waals surface area (Å²) in [5.41, 5.74) is 6.43. The molecule has 0 aromatic carbocycles. The average molecular weight is 359 g/mol. The Morgan fingerprint density at radius 3 is 1.50 bits per heavy atom. The zero-order valence-corrected chi connectivity index (χ0v) is 15.3. The van der Waals surface area contributed by atoms with Crippen molar-refractivity contribution in [2.24, 2.45) is 0 Å². The molecule has 7 nitrogen and oxygen atoms in total. The largest absolute Gasteiger partial charge is 2.00 e. The van der Waals surface area contributed by atoms with E-state index in [0.717, 1.165) is 32.6 Å². The molecule has 0 amide bonds. The van der Waals surface area contributed by atoms with E-state index in [1.54, 1.807) is 0 Å². The minimum absolute atomic E-state index is 0. The number of carboxylic acid groups (broad SMARTS) is 1. The smallest absolute Gasteiger partial charge is 0.666 e. The van der Waals surface area contributed by atoms with Crippen molar-refractivity contribution in [3.8, 4) is 0 Å². The Morgan fingerprint density at radius 2 is 1.27 bits per heavy atom. The van der Waals surface area contributed by atoms with E-state index in [-0.39, 0.29) is 16.8 Å². The molecule has 0 spiro atoms. The van der Waals surface area contributed by atoms with Crippen LogP contribution in [0.2, 0.25) is 0 Å². The molecule has 2 N–H and O–H groups in total. The molecule has 0 saturated heterocycles. The van der Waals surface area contributed by atoms with Crippen molar-refractivity contribution < 1.29 is 26.7 Å². The molecule has 3 atom stereocenters. The van der Waals surface area contributed by atoms with Gasteiger partial charge in [0.05, 0.1) is 0 Å².